The fraction of sp³-hybridized carbons (Fsp3) is 0.529. The summed E-state index contributed by atoms with van der Waals surface area (Å²) in [5.41, 5.74) is 2.08. The lowest BCUT2D eigenvalue weighted by atomic mass is 9.97. The van der Waals surface area contributed by atoms with E-state index in [4.69, 9.17) is 0 Å². The number of hydrogen-bond acceptors (Lipinski definition) is 3. The average molecular weight is 284 g/mol. The molecule has 112 valence electrons. The Hall–Kier alpha value is -1.68. The minimum Gasteiger partial charge on any atom is -0.309 e. The van der Waals surface area contributed by atoms with E-state index in [1.807, 2.05) is 36.5 Å². The molecule has 1 heterocycles. The maximum atomic E-state index is 4.68. The van der Waals surface area contributed by atoms with Crippen molar-refractivity contribution in [3.63, 3.8) is 0 Å². The molecule has 1 saturated carbocycles. The van der Waals surface area contributed by atoms with Gasteiger partial charge in [-0.1, -0.05) is 50.8 Å². The smallest absolute Gasteiger partial charge is 0.100 e. The maximum Gasteiger partial charge on any atom is 0.100 e. The van der Waals surface area contributed by atoms with Crippen molar-refractivity contribution in [3.05, 3.63) is 42.2 Å². The topological polar surface area (TPSA) is 42.7 Å². The molecule has 0 bridgehead atoms. The number of hydrogen-bond donors (Lipinski definition) is 1. The summed E-state index contributed by atoms with van der Waals surface area (Å²) in [6, 6.07) is 10.4. The Kier molecular flexibility index (Phi) is 4.65. The van der Waals surface area contributed by atoms with Crippen molar-refractivity contribution in [2.75, 3.05) is 6.54 Å². The molecule has 4 nitrogen and oxygen atoms in total. The normalized spacial score (nSPS) is 17.2. The molecule has 2 aromatic rings. The molecule has 1 aromatic carbocycles. The Labute approximate surface area is 126 Å². The van der Waals surface area contributed by atoms with Gasteiger partial charge in [0.05, 0.1) is 17.9 Å². The number of aromatic nitrogens is 3. The molecule has 1 aliphatic rings. The third-order valence-corrected chi connectivity index (χ3v) is 4.35. The Morgan fingerprint density at radius 3 is 2.71 bits per heavy atom. The molecule has 1 N–H and O–H groups in total. The van der Waals surface area contributed by atoms with Crippen LogP contribution in [-0.2, 0) is 0 Å². The summed E-state index contributed by atoms with van der Waals surface area (Å²) in [5.74, 6) is 0.843. The molecular formula is C17H24N4. The second-order valence-corrected chi connectivity index (χ2v) is 5.89. The Bertz CT molecular complexity index is 543. The van der Waals surface area contributed by atoms with Gasteiger partial charge in [0, 0.05) is 0 Å². The zero-order chi connectivity index (χ0) is 14.5. The zero-order valence-corrected chi connectivity index (χ0v) is 12.7. The number of nitrogens with zero attached hydrogens (tertiary/aromatic N) is 3. The van der Waals surface area contributed by atoms with Crippen LogP contribution in [0.3, 0.4) is 0 Å². The van der Waals surface area contributed by atoms with E-state index in [0.717, 1.165) is 23.8 Å². The third kappa shape index (κ3) is 3.50. The first-order chi connectivity index (χ1) is 10.4. The maximum absolute atomic E-state index is 4.68. The Balaban J connectivity index is 1.75. The third-order valence-electron chi connectivity index (χ3n) is 4.35. The van der Waals surface area contributed by atoms with E-state index < -0.39 is 0 Å². The van der Waals surface area contributed by atoms with E-state index in [0.29, 0.717) is 6.04 Å². The summed E-state index contributed by atoms with van der Waals surface area (Å²) in [7, 11) is 0. The molecule has 21 heavy (non-hydrogen) atoms. The SMILES string of the molecule is CCNC(CC1CCCC1)c1cnn(-c2ccccc2)n1. The summed E-state index contributed by atoms with van der Waals surface area (Å²) in [4.78, 5) is 1.73. The molecule has 4 heteroatoms. The average Bonchev–Trinajstić information content (AvgIpc) is 3.19. The minimum absolute atomic E-state index is 0.329. The molecular weight excluding hydrogens is 260 g/mol. The van der Waals surface area contributed by atoms with Crippen LogP contribution in [0, 0.1) is 5.92 Å². The predicted molar refractivity (Wildman–Crippen MR) is 84.4 cm³/mol. The van der Waals surface area contributed by atoms with E-state index in [9.17, 15) is 0 Å². The Morgan fingerprint density at radius 1 is 1.24 bits per heavy atom. The van der Waals surface area contributed by atoms with Crippen molar-refractivity contribution in [1.82, 2.24) is 20.3 Å². The quantitative estimate of drug-likeness (QED) is 0.883. The molecule has 0 saturated heterocycles. The first-order valence-electron chi connectivity index (χ1n) is 8.08. The van der Waals surface area contributed by atoms with E-state index in [1.165, 1.54) is 32.1 Å². The standard InChI is InChI=1S/C17H24N4/c1-2-18-16(12-14-8-6-7-9-14)17-13-19-21(20-17)15-10-4-3-5-11-15/h3-5,10-11,13-14,16,18H,2,6-9,12H2,1H3. The summed E-state index contributed by atoms with van der Waals surface area (Å²) in [5, 5.41) is 12.7. The first-order valence-corrected chi connectivity index (χ1v) is 8.08. The lowest BCUT2D eigenvalue weighted by Gasteiger charge is -2.19. The second-order valence-electron chi connectivity index (χ2n) is 5.89. The summed E-state index contributed by atoms with van der Waals surface area (Å²) in [6.07, 6.45) is 8.61. The fourth-order valence-electron chi connectivity index (χ4n) is 3.25. The van der Waals surface area contributed by atoms with Gasteiger partial charge in [0.25, 0.3) is 0 Å². The predicted octanol–water partition coefficient (Wildman–Crippen LogP) is 3.50. The summed E-state index contributed by atoms with van der Waals surface area (Å²) < 4.78 is 0. The fourth-order valence-corrected chi connectivity index (χ4v) is 3.25. The van der Waals surface area contributed by atoms with Crippen molar-refractivity contribution in [3.8, 4) is 5.69 Å². The van der Waals surface area contributed by atoms with Crippen LogP contribution in [0.2, 0.25) is 0 Å². The van der Waals surface area contributed by atoms with Crippen LogP contribution in [0.5, 0.6) is 0 Å². The van der Waals surface area contributed by atoms with Gasteiger partial charge >= 0.3 is 0 Å². The lowest BCUT2D eigenvalue weighted by Crippen LogP contribution is -2.23. The number of benzene rings is 1. The van der Waals surface area contributed by atoms with Crippen LogP contribution in [0.15, 0.2) is 36.5 Å². The molecule has 1 aromatic heterocycles. The van der Waals surface area contributed by atoms with Crippen molar-refractivity contribution in [2.45, 2.75) is 45.1 Å². The van der Waals surface area contributed by atoms with Crippen LogP contribution in [0.4, 0.5) is 0 Å². The highest BCUT2D eigenvalue weighted by Gasteiger charge is 2.22. The van der Waals surface area contributed by atoms with E-state index in [1.54, 1.807) is 4.80 Å². The molecule has 0 aliphatic heterocycles. The highest BCUT2D eigenvalue weighted by Crippen LogP contribution is 2.32. The van der Waals surface area contributed by atoms with Crippen LogP contribution < -0.4 is 5.32 Å². The van der Waals surface area contributed by atoms with Crippen molar-refractivity contribution < 1.29 is 0 Å². The van der Waals surface area contributed by atoms with Gasteiger partial charge in [-0.15, -0.1) is 0 Å². The Morgan fingerprint density at radius 2 is 2.00 bits per heavy atom. The van der Waals surface area contributed by atoms with Crippen LogP contribution in [0.25, 0.3) is 5.69 Å². The van der Waals surface area contributed by atoms with E-state index in [-0.39, 0.29) is 0 Å². The van der Waals surface area contributed by atoms with E-state index in [2.05, 4.69) is 22.4 Å². The molecule has 1 unspecified atom stereocenters. The van der Waals surface area contributed by atoms with Gasteiger partial charge in [-0.05, 0) is 31.0 Å². The highest BCUT2D eigenvalue weighted by atomic mass is 15.5. The number of para-hydroxylation sites is 1. The monoisotopic (exact) mass is 284 g/mol. The van der Waals surface area contributed by atoms with Gasteiger partial charge in [-0.2, -0.15) is 15.0 Å². The molecule has 0 radical (unpaired) electrons. The van der Waals surface area contributed by atoms with Gasteiger partial charge in [-0.3, -0.25) is 0 Å². The first kappa shape index (κ1) is 14.3. The van der Waals surface area contributed by atoms with Gasteiger partial charge in [0.15, 0.2) is 0 Å². The summed E-state index contributed by atoms with van der Waals surface area (Å²) in [6.45, 7) is 3.12. The molecule has 0 amide bonds. The molecule has 1 atom stereocenters. The van der Waals surface area contributed by atoms with Crippen LogP contribution in [0.1, 0.15) is 50.8 Å². The molecule has 1 aliphatic carbocycles. The molecule has 0 spiro atoms. The minimum atomic E-state index is 0.329. The summed E-state index contributed by atoms with van der Waals surface area (Å²) >= 11 is 0. The van der Waals surface area contributed by atoms with Gasteiger partial charge in [0.2, 0.25) is 0 Å². The van der Waals surface area contributed by atoms with Crippen LogP contribution in [-0.4, -0.2) is 21.5 Å². The lowest BCUT2D eigenvalue weighted by molar-refractivity contribution is 0.393. The zero-order valence-electron chi connectivity index (χ0n) is 12.7. The molecule has 3 rings (SSSR count). The largest absolute Gasteiger partial charge is 0.309 e. The van der Waals surface area contributed by atoms with Gasteiger partial charge in [0.1, 0.15) is 5.69 Å². The van der Waals surface area contributed by atoms with Gasteiger partial charge in [-0.25, -0.2) is 0 Å². The van der Waals surface area contributed by atoms with Crippen molar-refractivity contribution in [2.24, 2.45) is 5.92 Å². The molecule has 1 fully saturated rings. The number of nitrogens with one attached hydrogen (secondary N) is 1. The van der Waals surface area contributed by atoms with Crippen LogP contribution >= 0.6 is 0 Å². The van der Waals surface area contributed by atoms with Crippen molar-refractivity contribution in [1.29, 1.82) is 0 Å². The highest BCUT2D eigenvalue weighted by molar-refractivity contribution is 5.28. The second kappa shape index (κ2) is 6.85. The van der Waals surface area contributed by atoms with E-state index >= 15 is 0 Å². The number of rotatable bonds is 6. The van der Waals surface area contributed by atoms with Crippen molar-refractivity contribution >= 4 is 0 Å². The van der Waals surface area contributed by atoms with Gasteiger partial charge < -0.3 is 5.32 Å².